The molecule has 3 N–H and O–H groups in total. The Morgan fingerprint density at radius 3 is 2.85 bits per heavy atom. The van der Waals surface area contributed by atoms with E-state index in [0.29, 0.717) is 6.54 Å². The molecule has 2 rings (SSSR count). The first-order valence-electron chi connectivity index (χ1n) is 6.50. The summed E-state index contributed by atoms with van der Waals surface area (Å²) in [4.78, 5) is 23.1. The van der Waals surface area contributed by atoms with Gasteiger partial charge in [0.05, 0.1) is 13.2 Å². The highest BCUT2D eigenvalue weighted by Crippen LogP contribution is 2.26. The number of methoxy groups -OCH3 is 1. The molecule has 6 heteroatoms. The number of carbonyl (C=O) groups is 2. The molecule has 1 aliphatic heterocycles. The molecule has 20 heavy (non-hydrogen) atoms. The van der Waals surface area contributed by atoms with Crippen LogP contribution in [0.15, 0.2) is 18.2 Å². The molecular weight excluding hydrogens is 258 g/mol. The van der Waals surface area contributed by atoms with E-state index in [1.54, 1.807) is 7.11 Å². The van der Waals surface area contributed by atoms with Gasteiger partial charge in [-0.25, -0.2) is 4.79 Å². The summed E-state index contributed by atoms with van der Waals surface area (Å²) in [6.07, 6.45) is 0. The van der Waals surface area contributed by atoms with Crippen molar-refractivity contribution in [3.63, 3.8) is 0 Å². The minimum atomic E-state index is -0.527. The van der Waals surface area contributed by atoms with Crippen LogP contribution in [0.1, 0.15) is 24.1 Å². The van der Waals surface area contributed by atoms with Crippen LogP contribution in [0, 0.1) is 6.92 Å². The summed E-state index contributed by atoms with van der Waals surface area (Å²) in [5, 5.41) is 8.00. The molecule has 1 aliphatic rings. The van der Waals surface area contributed by atoms with E-state index in [1.807, 2.05) is 32.0 Å². The first-order valence-corrected chi connectivity index (χ1v) is 6.50. The Bertz CT molecular complexity index is 530. The van der Waals surface area contributed by atoms with Crippen LogP contribution in [0.2, 0.25) is 0 Å². The number of hydrogen-bond donors (Lipinski definition) is 3. The maximum Gasteiger partial charge on any atom is 0.315 e. The lowest BCUT2D eigenvalue weighted by Crippen LogP contribution is -2.43. The van der Waals surface area contributed by atoms with E-state index >= 15 is 0 Å². The second-order valence-electron chi connectivity index (χ2n) is 4.88. The zero-order chi connectivity index (χ0) is 14.7. The molecule has 0 saturated carbocycles. The van der Waals surface area contributed by atoms with Gasteiger partial charge in [-0.15, -0.1) is 0 Å². The van der Waals surface area contributed by atoms with Gasteiger partial charge < -0.3 is 20.7 Å². The second kappa shape index (κ2) is 5.81. The average Bonchev–Trinajstić information content (AvgIpc) is 2.85. The molecule has 2 atom stereocenters. The fourth-order valence-electron chi connectivity index (χ4n) is 2.20. The lowest BCUT2D eigenvalue weighted by Gasteiger charge is -2.19. The van der Waals surface area contributed by atoms with Gasteiger partial charge in [0, 0.05) is 12.1 Å². The van der Waals surface area contributed by atoms with E-state index in [9.17, 15) is 9.59 Å². The quantitative estimate of drug-likeness (QED) is 0.763. The highest BCUT2D eigenvalue weighted by Gasteiger charge is 2.28. The Morgan fingerprint density at radius 1 is 1.50 bits per heavy atom. The van der Waals surface area contributed by atoms with Crippen molar-refractivity contribution in [2.75, 3.05) is 13.7 Å². The number of carbonyl (C=O) groups excluding carboxylic acids is 2. The van der Waals surface area contributed by atoms with Crippen molar-refractivity contribution in [1.29, 1.82) is 0 Å². The van der Waals surface area contributed by atoms with Gasteiger partial charge >= 0.3 is 6.03 Å². The Labute approximate surface area is 117 Å². The zero-order valence-corrected chi connectivity index (χ0v) is 11.8. The van der Waals surface area contributed by atoms with Gasteiger partial charge in [-0.05, 0) is 19.9 Å². The molecule has 3 amide bonds. The van der Waals surface area contributed by atoms with Crippen molar-refractivity contribution in [2.24, 2.45) is 0 Å². The predicted molar refractivity (Wildman–Crippen MR) is 74.6 cm³/mol. The van der Waals surface area contributed by atoms with Crippen LogP contribution in [0.25, 0.3) is 0 Å². The van der Waals surface area contributed by atoms with Crippen molar-refractivity contribution in [1.82, 2.24) is 16.0 Å². The maximum absolute atomic E-state index is 12.1. The van der Waals surface area contributed by atoms with Gasteiger partial charge in [0.2, 0.25) is 5.91 Å². The van der Waals surface area contributed by atoms with E-state index in [2.05, 4.69) is 16.0 Å². The number of ether oxygens (including phenoxy) is 1. The van der Waals surface area contributed by atoms with Crippen LogP contribution < -0.4 is 20.7 Å². The third-order valence-corrected chi connectivity index (χ3v) is 3.30. The predicted octanol–water partition coefficient (Wildman–Crippen LogP) is 0.862. The molecule has 0 aromatic heterocycles. The lowest BCUT2D eigenvalue weighted by molar-refractivity contribution is -0.123. The van der Waals surface area contributed by atoms with Gasteiger partial charge in [-0.2, -0.15) is 0 Å². The van der Waals surface area contributed by atoms with E-state index in [-0.39, 0.29) is 18.0 Å². The maximum atomic E-state index is 12.1. The largest absolute Gasteiger partial charge is 0.496 e. The number of amides is 3. The standard InChI is InChI=1S/C14H19N3O3/c1-8-4-5-12(20-3)10(6-8)9(2)16-13(18)11-7-15-14(19)17-11/h4-6,9,11H,7H2,1-3H3,(H,16,18)(H2,15,17,19). The van der Waals surface area contributed by atoms with Gasteiger partial charge in [0.1, 0.15) is 11.8 Å². The number of hydrogen-bond acceptors (Lipinski definition) is 3. The number of benzene rings is 1. The van der Waals surface area contributed by atoms with E-state index < -0.39 is 6.04 Å². The Balaban J connectivity index is 2.08. The minimum Gasteiger partial charge on any atom is -0.496 e. The van der Waals surface area contributed by atoms with E-state index in [1.165, 1.54) is 0 Å². The minimum absolute atomic E-state index is 0.199. The van der Waals surface area contributed by atoms with Crippen LogP contribution in [-0.4, -0.2) is 31.6 Å². The SMILES string of the molecule is COc1ccc(C)cc1C(C)NC(=O)C1CNC(=O)N1. The summed E-state index contributed by atoms with van der Waals surface area (Å²) in [5.74, 6) is 0.524. The summed E-state index contributed by atoms with van der Waals surface area (Å²) in [6.45, 7) is 4.18. The van der Waals surface area contributed by atoms with Crippen LogP contribution in [-0.2, 0) is 4.79 Å². The Kier molecular flexibility index (Phi) is 4.12. The van der Waals surface area contributed by atoms with E-state index in [4.69, 9.17) is 4.74 Å². The highest BCUT2D eigenvalue weighted by atomic mass is 16.5. The second-order valence-corrected chi connectivity index (χ2v) is 4.88. The molecule has 0 bridgehead atoms. The van der Waals surface area contributed by atoms with Crippen LogP contribution >= 0.6 is 0 Å². The van der Waals surface area contributed by atoms with Gasteiger partial charge in [0.15, 0.2) is 0 Å². The Hall–Kier alpha value is -2.24. The van der Waals surface area contributed by atoms with Gasteiger partial charge in [-0.1, -0.05) is 17.7 Å². The first kappa shape index (κ1) is 14.2. The molecule has 1 saturated heterocycles. The highest BCUT2D eigenvalue weighted by molar-refractivity contribution is 5.90. The smallest absolute Gasteiger partial charge is 0.315 e. The van der Waals surface area contributed by atoms with Crippen LogP contribution in [0.5, 0.6) is 5.75 Å². The number of aryl methyl sites for hydroxylation is 1. The molecular formula is C14H19N3O3. The molecule has 2 unspecified atom stereocenters. The monoisotopic (exact) mass is 277 g/mol. The Morgan fingerprint density at radius 2 is 2.25 bits per heavy atom. The van der Waals surface area contributed by atoms with Crippen molar-refractivity contribution >= 4 is 11.9 Å². The summed E-state index contributed by atoms with van der Waals surface area (Å²) >= 11 is 0. The molecule has 1 aromatic rings. The van der Waals surface area contributed by atoms with Crippen molar-refractivity contribution in [2.45, 2.75) is 25.9 Å². The normalized spacial score (nSPS) is 18.9. The molecule has 0 radical (unpaired) electrons. The summed E-state index contributed by atoms with van der Waals surface area (Å²) in [5.41, 5.74) is 2.01. The summed E-state index contributed by atoms with van der Waals surface area (Å²) < 4.78 is 5.31. The van der Waals surface area contributed by atoms with Crippen LogP contribution in [0.3, 0.4) is 0 Å². The third kappa shape index (κ3) is 3.01. The fourth-order valence-corrected chi connectivity index (χ4v) is 2.20. The molecule has 108 valence electrons. The topological polar surface area (TPSA) is 79.5 Å². The lowest BCUT2D eigenvalue weighted by atomic mass is 10.0. The zero-order valence-electron chi connectivity index (χ0n) is 11.8. The average molecular weight is 277 g/mol. The van der Waals surface area contributed by atoms with E-state index in [0.717, 1.165) is 16.9 Å². The number of rotatable bonds is 4. The molecule has 0 spiro atoms. The van der Waals surface area contributed by atoms with Gasteiger partial charge in [-0.3, -0.25) is 4.79 Å². The summed E-state index contributed by atoms with van der Waals surface area (Å²) in [7, 11) is 1.60. The fraction of sp³-hybridized carbons (Fsp3) is 0.429. The third-order valence-electron chi connectivity index (χ3n) is 3.30. The molecule has 0 aliphatic carbocycles. The molecule has 6 nitrogen and oxygen atoms in total. The molecule has 1 fully saturated rings. The van der Waals surface area contributed by atoms with Crippen molar-refractivity contribution < 1.29 is 14.3 Å². The first-order chi connectivity index (χ1) is 9.51. The molecule has 1 aromatic carbocycles. The van der Waals surface area contributed by atoms with Crippen LogP contribution in [0.4, 0.5) is 4.79 Å². The molecule has 1 heterocycles. The summed E-state index contributed by atoms with van der Waals surface area (Å²) in [6, 6.07) is 4.78. The van der Waals surface area contributed by atoms with Gasteiger partial charge in [0.25, 0.3) is 0 Å². The van der Waals surface area contributed by atoms with Crippen molar-refractivity contribution in [3.8, 4) is 5.75 Å². The number of urea groups is 1. The number of nitrogens with one attached hydrogen (secondary N) is 3. The van der Waals surface area contributed by atoms with Crippen molar-refractivity contribution in [3.05, 3.63) is 29.3 Å².